The quantitative estimate of drug-likeness (QED) is 0.492. The third-order valence-electron chi connectivity index (χ3n) is 4.24. The van der Waals surface area contributed by atoms with E-state index in [9.17, 15) is 5.11 Å². The molecule has 0 bridgehead atoms. The first-order valence-electron chi connectivity index (χ1n) is 8.22. The van der Waals surface area contributed by atoms with Crippen LogP contribution < -0.4 is 10.2 Å². The molecule has 0 spiro atoms. The van der Waals surface area contributed by atoms with Gasteiger partial charge in [0.05, 0.1) is 12.1 Å². The number of nitrogens with one attached hydrogen (secondary N) is 1. The summed E-state index contributed by atoms with van der Waals surface area (Å²) in [6.07, 6.45) is 1.70. The monoisotopic (exact) mass is 366 g/mol. The van der Waals surface area contributed by atoms with Crippen molar-refractivity contribution in [2.45, 2.75) is 13.5 Å². The molecule has 0 aliphatic rings. The Kier molecular flexibility index (Phi) is 4.46. The van der Waals surface area contributed by atoms with Gasteiger partial charge in [0, 0.05) is 33.8 Å². The highest BCUT2D eigenvalue weighted by Crippen LogP contribution is 2.36. The van der Waals surface area contributed by atoms with Crippen LogP contribution in [0.4, 0.5) is 0 Å². The topological polar surface area (TPSA) is 63.6 Å². The molecule has 4 aromatic rings. The summed E-state index contributed by atoms with van der Waals surface area (Å²) in [7, 11) is 1.76. The number of hydroxylamine groups is 1. The summed E-state index contributed by atoms with van der Waals surface area (Å²) in [6.45, 7) is 2.62. The van der Waals surface area contributed by atoms with Crippen LogP contribution in [0.15, 0.2) is 48.7 Å². The van der Waals surface area contributed by atoms with Crippen molar-refractivity contribution in [3.05, 3.63) is 59.1 Å². The van der Waals surface area contributed by atoms with Gasteiger partial charge < -0.3 is 9.84 Å². The minimum Gasteiger partial charge on any atom is -0.508 e. The summed E-state index contributed by atoms with van der Waals surface area (Å²) >= 11 is 1.72. The second-order valence-electron chi connectivity index (χ2n) is 5.90. The number of aromatic nitrogens is 1. The number of hydrogen-bond acceptors (Lipinski definition) is 6. The molecule has 0 atom stereocenters. The van der Waals surface area contributed by atoms with E-state index in [0.29, 0.717) is 12.4 Å². The van der Waals surface area contributed by atoms with Crippen molar-refractivity contribution >= 4 is 32.3 Å². The third kappa shape index (κ3) is 3.10. The van der Waals surface area contributed by atoms with Gasteiger partial charge in [-0.1, -0.05) is 0 Å². The molecule has 0 fully saturated rings. The summed E-state index contributed by atoms with van der Waals surface area (Å²) in [5.41, 5.74) is 4.68. The molecule has 2 N–H and O–H groups in total. The van der Waals surface area contributed by atoms with E-state index in [-0.39, 0.29) is 5.75 Å². The summed E-state index contributed by atoms with van der Waals surface area (Å²) in [6, 6.07) is 12.9. The van der Waals surface area contributed by atoms with Crippen LogP contribution >= 0.6 is 11.3 Å². The molecule has 132 valence electrons. The van der Waals surface area contributed by atoms with Crippen LogP contribution in [0.3, 0.4) is 0 Å². The lowest BCUT2D eigenvalue weighted by Gasteiger charge is -2.09. The van der Waals surface area contributed by atoms with Gasteiger partial charge in [-0.3, -0.25) is 9.82 Å². The molecule has 5 nitrogen and oxygen atoms in total. The molecule has 0 aliphatic heterocycles. The minimum absolute atomic E-state index is 0.189. The van der Waals surface area contributed by atoms with E-state index in [0.717, 1.165) is 21.4 Å². The molecule has 2 aromatic carbocycles. The minimum atomic E-state index is 0.189. The Labute approximate surface area is 154 Å². The van der Waals surface area contributed by atoms with E-state index >= 15 is 0 Å². The molecular weight excluding hydrogens is 348 g/mol. The second kappa shape index (κ2) is 6.92. The molecule has 26 heavy (non-hydrogen) atoms. The number of hydrogen-bond donors (Lipinski definition) is 2. The number of fused-ring (bicyclic) bond motifs is 2. The maximum absolute atomic E-state index is 9.77. The fourth-order valence-corrected chi connectivity index (χ4v) is 4.06. The van der Waals surface area contributed by atoms with E-state index < -0.39 is 0 Å². The summed E-state index contributed by atoms with van der Waals surface area (Å²) in [5, 5.41) is 11.7. The first kappa shape index (κ1) is 16.8. The molecule has 0 saturated carbocycles. The van der Waals surface area contributed by atoms with Gasteiger partial charge in [0.15, 0.2) is 0 Å². The van der Waals surface area contributed by atoms with Gasteiger partial charge >= 0.3 is 0 Å². The number of benzene rings is 2. The number of nitrogens with zero attached hydrogens (tertiary/aromatic N) is 1. The average molecular weight is 366 g/mol. The molecule has 0 unspecified atom stereocenters. The molecule has 0 amide bonds. The SMILES string of the molecule is CNOCc1c(C)sc2cc(Oc3ccnc4ccc(O)cc34)ccc12. The Morgan fingerprint density at radius 2 is 2.00 bits per heavy atom. The van der Waals surface area contributed by atoms with Crippen LogP contribution in [0, 0.1) is 6.92 Å². The number of phenols is 1. The predicted octanol–water partition coefficient (Wildman–Crippen LogP) is 4.91. The highest BCUT2D eigenvalue weighted by Gasteiger charge is 2.11. The number of thiophene rings is 1. The highest BCUT2D eigenvalue weighted by atomic mass is 32.1. The van der Waals surface area contributed by atoms with Gasteiger partial charge in [-0.25, -0.2) is 5.48 Å². The average Bonchev–Trinajstić information content (AvgIpc) is 2.95. The zero-order valence-corrected chi connectivity index (χ0v) is 15.3. The maximum atomic E-state index is 9.77. The predicted molar refractivity (Wildman–Crippen MR) is 104 cm³/mol. The van der Waals surface area contributed by atoms with Gasteiger partial charge in [0.2, 0.25) is 0 Å². The fourth-order valence-electron chi connectivity index (χ4n) is 2.96. The molecule has 2 aromatic heterocycles. The van der Waals surface area contributed by atoms with Crippen molar-refractivity contribution in [3.63, 3.8) is 0 Å². The number of aryl methyl sites for hydroxylation is 1. The Balaban J connectivity index is 1.71. The lowest BCUT2D eigenvalue weighted by molar-refractivity contribution is 0.0450. The second-order valence-corrected chi connectivity index (χ2v) is 7.16. The van der Waals surface area contributed by atoms with Gasteiger partial charge in [-0.15, -0.1) is 11.3 Å². The van der Waals surface area contributed by atoms with E-state index in [2.05, 4.69) is 23.5 Å². The standard InChI is InChI=1S/C20H18N2O3S/c1-12-17(11-24-21-2)15-5-4-14(10-20(15)26-12)25-19-7-8-22-18-6-3-13(23)9-16(18)19/h3-10,21,23H,11H2,1-2H3. The largest absolute Gasteiger partial charge is 0.508 e. The van der Waals surface area contributed by atoms with Crippen LogP contribution in [-0.2, 0) is 11.4 Å². The fraction of sp³-hybridized carbons (Fsp3) is 0.150. The Morgan fingerprint density at radius 3 is 2.85 bits per heavy atom. The lowest BCUT2D eigenvalue weighted by atomic mass is 10.1. The Morgan fingerprint density at radius 1 is 1.12 bits per heavy atom. The maximum Gasteiger partial charge on any atom is 0.138 e. The molecule has 4 rings (SSSR count). The zero-order chi connectivity index (χ0) is 18.1. The van der Waals surface area contributed by atoms with E-state index in [1.54, 1.807) is 48.8 Å². The van der Waals surface area contributed by atoms with Crippen molar-refractivity contribution in [2.75, 3.05) is 7.05 Å². The van der Waals surface area contributed by atoms with Crippen molar-refractivity contribution in [1.82, 2.24) is 10.5 Å². The van der Waals surface area contributed by atoms with Crippen LogP contribution in [0.2, 0.25) is 0 Å². The molecule has 2 heterocycles. The summed E-state index contributed by atoms with van der Waals surface area (Å²) in [4.78, 5) is 10.9. The van der Waals surface area contributed by atoms with Crippen LogP contribution in [-0.4, -0.2) is 17.1 Å². The van der Waals surface area contributed by atoms with Gasteiger partial charge in [0.25, 0.3) is 0 Å². The summed E-state index contributed by atoms with van der Waals surface area (Å²) < 4.78 is 7.25. The molecule has 6 heteroatoms. The Hall–Kier alpha value is -2.67. The van der Waals surface area contributed by atoms with E-state index in [4.69, 9.17) is 9.57 Å². The van der Waals surface area contributed by atoms with Crippen molar-refractivity contribution in [1.29, 1.82) is 0 Å². The van der Waals surface area contributed by atoms with Gasteiger partial charge in [-0.2, -0.15) is 0 Å². The smallest absolute Gasteiger partial charge is 0.138 e. The first-order valence-corrected chi connectivity index (χ1v) is 9.03. The van der Waals surface area contributed by atoms with E-state index in [1.165, 1.54) is 15.8 Å². The van der Waals surface area contributed by atoms with Crippen LogP contribution in [0.1, 0.15) is 10.4 Å². The van der Waals surface area contributed by atoms with Crippen molar-refractivity contribution in [2.24, 2.45) is 0 Å². The summed E-state index contributed by atoms with van der Waals surface area (Å²) in [5.74, 6) is 1.60. The number of aromatic hydroxyl groups is 1. The third-order valence-corrected chi connectivity index (χ3v) is 5.35. The highest BCUT2D eigenvalue weighted by molar-refractivity contribution is 7.19. The molecule has 0 radical (unpaired) electrons. The Bertz CT molecular complexity index is 1090. The molecule has 0 saturated heterocycles. The van der Waals surface area contributed by atoms with Crippen molar-refractivity contribution in [3.8, 4) is 17.2 Å². The van der Waals surface area contributed by atoms with Crippen LogP contribution in [0.5, 0.6) is 17.2 Å². The molecule has 0 aliphatic carbocycles. The first-order chi connectivity index (χ1) is 12.7. The normalized spacial score (nSPS) is 11.3. The van der Waals surface area contributed by atoms with Gasteiger partial charge in [0.1, 0.15) is 17.2 Å². The van der Waals surface area contributed by atoms with E-state index in [1.807, 2.05) is 12.1 Å². The van der Waals surface area contributed by atoms with Gasteiger partial charge in [-0.05, 0) is 54.8 Å². The van der Waals surface area contributed by atoms with Crippen molar-refractivity contribution < 1.29 is 14.7 Å². The number of rotatable bonds is 5. The van der Waals surface area contributed by atoms with Crippen LogP contribution in [0.25, 0.3) is 21.0 Å². The molecular formula is C20H18N2O3S. The number of phenolic OH excluding ortho intramolecular Hbond substituents is 1. The number of ether oxygens (including phenoxy) is 1. The number of pyridine rings is 1. The lowest BCUT2D eigenvalue weighted by Crippen LogP contribution is -2.06. The zero-order valence-electron chi connectivity index (χ0n) is 14.4.